The first-order valence-electron chi connectivity index (χ1n) is 6.28. The zero-order valence-electron chi connectivity index (χ0n) is 11.5. The number of carbonyl (C=O) groups excluding carboxylic acids is 1. The highest BCUT2D eigenvalue weighted by atomic mass is 35.5. The summed E-state index contributed by atoms with van der Waals surface area (Å²) in [4.78, 5) is 13.4. The summed E-state index contributed by atoms with van der Waals surface area (Å²) < 4.78 is 6.39. The Balaban J connectivity index is 2.07. The quantitative estimate of drug-likeness (QED) is 0.765. The van der Waals surface area contributed by atoms with Gasteiger partial charge in [-0.05, 0) is 17.7 Å². The van der Waals surface area contributed by atoms with Crippen LogP contribution in [-0.2, 0) is 22.7 Å². The summed E-state index contributed by atoms with van der Waals surface area (Å²) >= 11 is 11.7. The molecule has 2 aromatic rings. The minimum Gasteiger partial charge on any atom is -0.468 e. The molecule has 1 heterocycles. The molecule has 0 amide bonds. The molecule has 0 fully saturated rings. The van der Waals surface area contributed by atoms with Gasteiger partial charge in [0.25, 0.3) is 0 Å². The maximum absolute atomic E-state index is 11.5. The molecule has 0 saturated carbocycles. The number of ether oxygens (including phenoxy) is 1. The number of carbonyl (C=O) groups is 1. The molecule has 0 saturated heterocycles. The summed E-state index contributed by atoms with van der Waals surface area (Å²) in [5.41, 5.74) is 1.04. The second-order valence-electron chi connectivity index (χ2n) is 4.53. The highest BCUT2D eigenvalue weighted by Crippen LogP contribution is 2.13. The summed E-state index contributed by atoms with van der Waals surface area (Å²) in [5.74, 6) is -0.304. The van der Waals surface area contributed by atoms with E-state index in [0.29, 0.717) is 23.3 Å². The van der Waals surface area contributed by atoms with Crippen LogP contribution >= 0.6 is 23.2 Å². The van der Waals surface area contributed by atoms with Crippen molar-refractivity contribution in [2.45, 2.75) is 13.2 Å². The molecule has 0 bridgehead atoms. The van der Waals surface area contributed by atoms with E-state index in [9.17, 15) is 4.79 Å². The number of methoxy groups -OCH3 is 1. The average molecular weight is 328 g/mol. The maximum Gasteiger partial charge on any atom is 0.319 e. The van der Waals surface area contributed by atoms with Crippen molar-refractivity contribution in [3.05, 3.63) is 52.3 Å². The predicted molar refractivity (Wildman–Crippen MR) is 81.1 cm³/mol. The van der Waals surface area contributed by atoms with Crippen molar-refractivity contribution in [1.29, 1.82) is 0 Å². The van der Waals surface area contributed by atoms with Crippen LogP contribution in [0.25, 0.3) is 0 Å². The normalized spacial score (nSPS) is 10.9. The predicted octanol–water partition coefficient (Wildman–Crippen LogP) is 2.82. The van der Waals surface area contributed by atoms with Gasteiger partial charge in [0, 0.05) is 17.8 Å². The summed E-state index contributed by atoms with van der Waals surface area (Å²) in [6.07, 6.45) is 3.26. The second-order valence-corrected chi connectivity index (χ2v) is 5.40. The fraction of sp³-hybridized carbons (Fsp3) is 0.286. The Morgan fingerprint density at radius 2 is 2.00 bits per heavy atom. The lowest BCUT2D eigenvalue weighted by molar-refractivity contribution is -0.142. The lowest BCUT2D eigenvalue weighted by Crippen LogP contribution is -2.32. The Hall–Kier alpha value is -1.56. The molecule has 112 valence electrons. The fourth-order valence-electron chi connectivity index (χ4n) is 1.87. The molecule has 21 heavy (non-hydrogen) atoms. The second kappa shape index (κ2) is 7.45. The Morgan fingerprint density at radius 1 is 1.29 bits per heavy atom. The standard InChI is InChI=1S/C14H15Cl2N3O2/c1-21-14(20)9-18(10-19-8-13(16)6-17-19)7-11-2-4-12(15)5-3-11/h2-6,8H,7,9-10H2,1H3. The van der Waals surface area contributed by atoms with Crippen molar-refractivity contribution in [3.8, 4) is 0 Å². The number of halogens is 2. The first kappa shape index (κ1) is 15.8. The minimum atomic E-state index is -0.304. The molecular weight excluding hydrogens is 313 g/mol. The van der Waals surface area contributed by atoms with Gasteiger partial charge in [0.15, 0.2) is 0 Å². The smallest absolute Gasteiger partial charge is 0.319 e. The van der Waals surface area contributed by atoms with Crippen molar-refractivity contribution >= 4 is 29.2 Å². The lowest BCUT2D eigenvalue weighted by Gasteiger charge is -2.21. The van der Waals surface area contributed by atoms with Gasteiger partial charge in [-0.3, -0.25) is 14.4 Å². The van der Waals surface area contributed by atoms with Crippen LogP contribution in [0.2, 0.25) is 10.0 Å². The summed E-state index contributed by atoms with van der Waals surface area (Å²) in [6, 6.07) is 7.47. The Kier molecular flexibility index (Phi) is 5.61. The highest BCUT2D eigenvalue weighted by molar-refractivity contribution is 6.30. The third kappa shape index (κ3) is 5.04. The molecule has 2 rings (SSSR count). The number of hydrogen-bond donors (Lipinski definition) is 0. The third-order valence-electron chi connectivity index (χ3n) is 2.85. The molecule has 1 aromatic carbocycles. The summed E-state index contributed by atoms with van der Waals surface area (Å²) in [5, 5.41) is 5.35. The van der Waals surface area contributed by atoms with Crippen LogP contribution in [0, 0.1) is 0 Å². The highest BCUT2D eigenvalue weighted by Gasteiger charge is 2.13. The molecule has 0 spiro atoms. The molecular formula is C14H15Cl2N3O2. The van der Waals surface area contributed by atoms with Gasteiger partial charge in [0.05, 0.1) is 31.5 Å². The summed E-state index contributed by atoms with van der Waals surface area (Å²) in [6.45, 7) is 1.17. The third-order valence-corrected chi connectivity index (χ3v) is 3.29. The van der Waals surface area contributed by atoms with E-state index in [0.717, 1.165) is 5.56 Å². The number of esters is 1. The number of benzene rings is 1. The molecule has 0 radical (unpaired) electrons. The zero-order chi connectivity index (χ0) is 15.2. The van der Waals surface area contributed by atoms with Crippen LogP contribution in [0.3, 0.4) is 0 Å². The topological polar surface area (TPSA) is 47.4 Å². The largest absolute Gasteiger partial charge is 0.468 e. The van der Waals surface area contributed by atoms with Crippen LogP contribution in [0.1, 0.15) is 5.56 Å². The van der Waals surface area contributed by atoms with Crippen molar-refractivity contribution in [3.63, 3.8) is 0 Å². The number of rotatable bonds is 6. The maximum atomic E-state index is 11.5. The fourth-order valence-corrected chi connectivity index (χ4v) is 2.15. The minimum absolute atomic E-state index is 0.163. The van der Waals surface area contributed by atoms with Gasteiger partial charge in [-0.1, -0.05) is 35.3 Å². The number of aromatic nitrogens is 2. The number of hydrogen-bond acceptors (Lipinski definition) is 4. The van der Waals surface area contributed by atoms with Gasteiger partial charge in [0.2, 0.25) is 0 Å². The van der Waals surface area contributed by atoms with Crippen molar-refractivity contribution < 1.29 is 9.53 Å². The SMILES string of the molecule is COC(=O)CN(Cc1ccc(Cl)cc1)Cn1cc(Cl)cn1. The van der Waals surface area contributed by atoms with E-state index >= 15 is 0 Å². The van der Waals surface area contributed by atoms with Crippen LogP contribution < -0.4 is 0 Å². The van der Waals surface area contributed by atoms with E-state index in [4.69, 9.17) is 27.9 Å². The molecule has 7 heteroatoms. The molecule has 1 aromatic heterocycles. The first-order valence-corrected chi connectivity index (χ1v) is 7.04. The molecule has 0 aliphatic heterocycles. The first-order chi connectivity index (χ1) is 10.1. The van der Waals surface area contributed by atoms with Crippen LogP contribution in [-0.4, -0.2) is 34.3 Å². The molecule has 5 nitrogen and oxygen atoms in total. The van der Waals surface area contributed by atoms with Gasteiger partial charge in [-0.2, -0.15) is 5.10 Å². The zero-order valence-corrected chi connectivity index (χ0v) is 13.0. The van der Waals surface area contributed by atoms with Gasteiger partial charge in [0.1, 0.15) is 0 Å². The van der Waals surface area contributed by atoms with Gasteiger partial charge in [-0.15, -0.1) is 0 Å². The molecule has 0 N–H and O–H groups in total. The van der Waals surface area contributed by atoms with E-state index in [1.165, 1.54) is 7.11 Å². The molecule has 0 aliphatic rings. The van der Waals surface area contributed by atoms with Crippen molar-refractivity contribution in [2.75, 3.05) is 13.7 Å². The Morgan fingerprint density at radius 3 is 2.57 bits per heavy atom. The summed E-state index contributed by atoms with van der Waals surface area (Å²) in [7, 11) is 1.37. The lowest BCUT2D eigenvalue weighted by atomic mass is 10.2. The average Bonchev–Trinajstić information content (AvgIpc) is 2.86. The van der Waals surface area contributed by atoms with Crippen LogP contribution in [0.4, 0.5) is 0 Å². The molecule has 0 atom stereocenters. The van der Waals surface area contributed by atoms with E-state index < -0.39 is 0 Å². The van der Waals surface area contributed by atoms with Crippen LogP contribution in [0.15, 0.2) is 36.7 Å². The monoisotopic (exact) mass is 327 g/mol. The molecule has 0 unspecified atom stereocenters. The Bertz CT molecular complexity index is 599. The van der Waals surface area contributed by atoms with Crippen molar-refractivity contribution in [2.24, 2.45) is 0 Å². The molecule has 0 aliphatic carbocycles. The van der Waals surface area contributed by atoms with E-state index in [1.807, 2.05) is 29.2 Å². The van der Waals surface area contributed by atoms with Crippen LogP contribution in [0.5, 0.6) is 0 Å². The van der Waals surface area contributed by atoms with Gasteiger partial charge in [-0.25, -0.2) is 0 Å². The van der Waals surface area contributed by atoms with E-state index in [-0.39, 0.29) is 12.5 Å². The van der Waals surface area contributed by atoms with E-state index in [1.54, 1.807) is 17.1 Å². The van der Waals surface area contributed by atoms with Gasteiger partial charge < -0.3 is 4.74 Å². The van der Waals surface area contributed by atoms with Gasteiger partial charge >= 0.3 is 5.97 Å². The number of nitrogens with zero attached hydrogens (tertiary/aromatic N) is 3. The van der Waals surface area contributed by atoms with Crippen molar-refractivity contribution in [1.82, 2.24) is 14.7 Å². The Labute approximate surface area is 133 Å². The van der Waals surface area contributed by atoms with E-state index in [2.05, 4.69) is 5.10 Å².